The summed E-state index contributed by atoms with van der Waals surface area (Å²) in [6.45, 7) is 0.335. The third-order valence-corrected chi connectivity index (χ3v) is 6.58. The van der Waals surface area contributed by atoms with E-state index in [-0.39, 0.29) is 23.5 Å². The van der Waals surface area contributed by atoms with Gasteiger partial charge < -0.3 is 24.9 Å². The molecule has 3 N–H and O–H groups in total. The van der Waals surface area contributed by atoms with Gasteiger partial charge in [-0.1, -0.05) is 25.0 Å². The summed E-state index contributed by atoms with van der Waals surface area (Å²) in [6, 6.07) is 16.9. The minimum atomic E-state index is -0.406. The van der Waals surface area contributed by atoms with Gasteiger partial charge in [-0.05, 0) is 66.9 Å². The standard InChI is InChI=1S/C28H28N4O5/c1-36-21-11-8-18(9-12-21)17-29-28(35)32-24(19-5-2-3-6-19)16-23(31-32)22-15-20(10-13-25(22)33)30-27(34)26-7-4-14-37-26/h4,7-16,19,33H,2-3,5-6,17H2,1H3,(H,29,35)(H,30,34). The smallest absolute Gasteiger partial charge is 0.342 e. The third kappa shape index (κ3) is 5.35. The highest BCUT2D eigenvalue weighted by molar-refractivity contribution is 6.02. The molecule has 2 heterocycles. The van der Waals surface area contributed by atoms with Gasteiger partial charge in [0.05, 0.1) is 24.8 Å². The highest BCUT2D eigenvalue weighted by atomic mass is 16.5. The topological polar surface area (TPSA) is 119 Å². The number of carbonyl (C=O) groups excluding carboxylic acids is 2. The second kappa shape index (κ2) is 10.6. The number of phenolic OH excluding ortho intramolecular Hbond substituents is 1. The molecule has 9 nitrogen and oxygen atoms in total. The highest BCUT2D eigenvalue weighted by Crippen LogP contribution is 2.38. The number of aromatic nitrogens is 2. The number of phenols is 1. The molecule has 2 amide bonds. The van der Waals surface area contributed by atoms with Crippen LogP contribution in [0, 0.1) is 0 Å². The Balaban J connectivity index is 1.40. The first kappa shape index (κ1) is 24.2. The number of methoxy groups -OCH3 is 1. The zero-order valence-electron chi connectivity index (χ0n) is 20.4. The van der Waals surface area contributed by atoms with E-state index in [1.54, 1.807) is 31.4 Å². The number of furan rings is 1. The van der Waals surface area contributed by atoms with Crippen molar-refractivity contribution in [1.82, 2.24) is 15.1 Å². The third-order valence-electron chi connectivity index (χ3n) is 6.58. The van der Waals surface area contributed by atoms with Crippen LogP contribution in [-0.2, 0) is 6.54 Å². The van der Waals surface area contributed by atoms with Gasteiger partial charge in [0, 0.05) is 23.7 Å². The Kier molecular flexibility index (Phi) is 6.93. The molecule has 4 aromatic rings. The van der Waals surface area contributed by atoms with Crippen LogP contribution in [-0.4, -0.2) is 33.9 Å². The van der Waals surface area contributed by atoms with Gasteiger partial charge in [-0.3, -0.25) is 4.79 Å². The van der Waals surface area contributed by atoms with Crippen molar-refractivity contribution >= 4 is 17.6 Å². The normalized spacial score (nSPS) is 13.4. The van der Waals surface area contributed by atoms with Crippen LogP contribution in [0.15, 0.2) is 71.3 Å². The van der Waals surface area contributed by atoms with Crippen LogP contribution < -0.4 is 15.4 Å². The average molecular weight is 501 g/mol. The molecule has 37 heavy (non-hydrogen) atoms. The predicted octanol–water partition coefficient (Wildman–Crippen LogP) is 5.53. The van der Waals surface area contributed by atoms with Crippen molar-refractivity contribution in [3.63, 3.8) is 0 Å². The molecular weight excluding hydrogens is 472 g/mol. The summed E-state index contributed by atoms with van der Waals surface area (Å²) < 4.78 is 11.7. The van der Waals surface area contributed by atoms with Gasteiger partial charge in [0.2, 0.25) is 0 Å². The van der Waals surface area contributed by atoms with Gasteiger partial charge in [0.1, 0.15) is 11.5 Å². The van der Waals surface area contributed by atoms with Crippen LogP contribution in [0.4, 0.5) is 10.5 Å². The second-order valence-electron chi connectivity index (χ2n) is 9.02. The number of benzene rings is 2. The predicted molar refractivity (Wildman–Crippen MR) is 138 cm³/mol. The number of amides is 2. The molecule has 2 aromatic heterocycles. The Labute approximate surface area is 214 Å². The number of carbonyl (C=O) groups is 2. The maximum Gasteiger partial charge on any atom is 0.342 e. The summed E-state index contributed by atoms with van der Waals surface area (Å²) in [5.41, 5.74) is 3.08. The molecule has 0 radical (unpaired) electrons. The Morgan fingerprint density at radius 2 is 1.89 bits per heavy atom. The van der Waals surface area contributed by atoms with Crippen molar-refractivity contribution in [2.75, 3.05) is 12.4 Å². The molecule has 1 aliphatic rings. The second-order valence-corrected chi connectivity index (χ2v) is 9.02. The lowest BCUT2D eigenvalue weighted by Gasteiger charge is -2.12. The van der Waals surface area contributed by atoms with Gasteiger partial charge in [-0.2, -0.15) is 9.78 Å². The van der Waals surface area contributed by atoms with E-state index in [2.05, 4.69) is 15.7 Å². The number of ether oxygens (including phenoxy) is 1. The van der Waals surface area contributed by atoms with Gasteiger partial charge in [0.25, 0.3) is 5.91 Å². The Hall–Kier alpha value is -4.53. The molecule has 0 atom stereocenters. The van der Waals surface area contributed by atoms with Crippen molar-refractivity contribution in [2.24, 2.45) is 0 Å². The molecule has 190 valence electrons. The lowest BCUT2D eigenvalue weighted by Crippen LogP contribution is -2.30. The minimum Gasteiger partial charge on any atom is -0.507 e. The average Bonchev–Trinajstić information content (AvgIpc) is 3.70. The van der Waals surface area contributed by atoms with Crippen molar-refractivity contribution in [3.05, 3.63) is 83.9 Å². The van der Waals surface area contributed by atoms with E-state index in [1.165, 1.54) is 17.0 Å². The Bertz CT molecular complexity index is 1390. The van der Waals surface area contributed by atoms with Crippen LogP contribution in [0.1, 0.15) is 53.4 Å². The molecule has 0 spiro atoms. The molecule has 0 saturated heterocycles. The van der Waals surface area contributed by atoms with E-state index in [1.807, 2.05) is 30.3 Å². The van der Waals surface area contributed by atoms with Crippen LogP contribution in [0.25, 0.3) is 11.3 Å². The van der Waals surface area contributed by atoms with E-state index < -0.39 is 5.91 Å². The maximum atomic E-state index is 13.2. The van der Waals surface area contributed by atoms with Crippen molar-refractivity contribution in [1.29, 1.82) is 0 Å². The van der Waals surface area contributed by atoms with Crippen molar-refractivity contribution in [2.45, 2.75) is 38.1 Å². The van der Waals surface area contributed by atoms with Crippen molar-refractivity contribution in [3.8, 4) is 22.8 Å². The molecule has 1 saturated carbocycles. The molecule has 2 aromatic carbocycles. The zero-order chi connectivity index (χ0) is 25.8. The first-order valence-electron chi connectivity index (χ1n) is 12.2. The molecular formula is C28H28N4O5. The van der Waals surface area contributed by atoms with E-state index in [4.69, 9.17) is 9.15 Å². The fourth-order valence-electron chi connectivity index (χ4n) is 4.62. The molecule has 1 fully saturated rings. The zero-order valence-corrected chi connectivity index (χ0v) is 20.4. The van der Waals surface area contributed by atoms with Gasteiger partial charge in [0.15, 0.2) is 5.76 Å². The van der Waals surface area contributed by atoms with E-state index in [0.29, 0.717) is 23.5 Å². The number of aromatic hydroxyl groups is 1. The van der Waals surface area contributed by atoms with Gasteiger partial charge in [-0.15, -0.1) is 0 Å². The van der Waals surface area contributed by atoms with Crippen molar-refractivity contribution < 1.29 is 23.8 Å². The summed E-state index contributed by atoms with van der Waals surface area (Å²) in [5.74, 6) is 0.722. The summed E-state index contributed by atoms with van der Waals surface area (Å²) in [6.07, 6.45) is 5.56. The van der Waals surface area contributed by atoms with E-state index in [0.717, 1.165) is 42.7 Å². The highest BCUT2D eigenvalue weighted by Gasteiger charge is 2.26. The van der Waals surface area contributed by atoms with Crippen LogP contribution >= 0.6 is 0 Å². The first-order valence-corrected chi connectivity index (χ1v) is 12.2. The number of nitrogens with one attached hydrogen (secondary N) is 2. The number of hydrogen-bond acceptors (Lipinski definition) is 6. The molecule has 1 aliphatic carbocycles. The minimum absolute atomic E-state index is 0.00254. The summed E-state index contributed by atoms with van der Waals surface area (Å²) >= 11 is 0. The maximum absolute atomic E-state index is 13.2. The number of hydrogen-bond donors (Lipinski definition) is 3. The fraction of sp³-hybridized carbons (Fsp3) is 0.250. The molecule has 5 rings (SSSR count). The summed E-state index contributed by atoms with van der Waals surface area (Å²) in [4.78, 5) is 25.6. The van der Waals surface area contributed by atoms with Crippen LogP contribution in [0.5, 0.6) is 11.5 Å². The SMILES string of the molecule is COc1ccc(CNC(=O)n2nc(-c3cc(NC(=O)c4ccco4)ccc3O)cc2C2CCCC2)cc1. The van der Waals surface area contributed by atoms with Crippen LogP contribution in [0.3, 0.4) is 0 Å². The lowest BCUT2D eigenvalue weighted by molar-refractivity contribution is 0.0996. The molecule has 9 heteroatoms. The van der Waals surface area contributed by atoms with Crippen LogP contribution in [0.2, 0.25) is 0 Å². The Morgan fingerprint density at radius 3 is 2.59 bits per heavy atom. The van der Waals surface area contributed by atoms with Gasteiger partial charge in [-0.25, -0.2) is 4.79 Å². The fourth-order valence-corrected chi connectivity index (χ4v) is 4.62. The molecule has 0 aliphatic heterocycles. The number of rotatable bonds is 7. The Morgan fingerprint density at radius 1 is 1.11 bits per heavy atom. The number of anilines is 1. The first-order chi connectivity index (χ1) is 18.0. The van der Waals surface area contributed by atoms with Gasteiger partial charge >= 0.3 is 6.03 Å². The lowest BCUT2D eigenvalue weighted by atomic mass is 10.0. The summed E-state index contributed by atoms with van der Waals surface area (Å²) in [5, 5.41) is 20.9. The van der Waals surface area contributed by atoms with E-state index >= 15 is 0 Å². The number of nitrogens with zero attached hydrogens (tertiary/aromatic N) is 2. The quantitative estimate of drug-likeness (QED) is 0.287. The largest absolute Gasteiger partial charge is 0.507 e. The monoisotopic (exact) mass is 500 g/mol. The van der Waals surface area contributed by atoms with E-state index in [9.17, 15) is 14.7 Å². The molecule has 0 unspecified atom stereocenters. The summed E-state index contributed by atoms with van der Waals surface area (Å²) in [7, 11) is 1.61. The molecule has 0 bridgehead atoms.